The maximum absolute atomic E-state index is 11.3. The Labute approximate surface area is 111 Å². The van der Waals surface area contributed by atoms with Crippen molar-refractivity contribution in [3.8, 4) is 5.75 Å². The normalized spacial score (nSPS) is 30.7. The summed E-state index contributed by atoms with van der Waals surface area (Å²) in [4.78, 5) is 0. The number of aliphatic hydroxyl groups excluding tert-OH is 3. The number of aliphatic hydroxyl groups is 3. The molecule has 4 unspecified atom stereocenters. The molecule has 6 heteroatoms. The van der Waals surface area contributed by atoms with Gasteiger partial charge in [-0.15, -0.1) is 0 Å². The van der Waals surface area contributed by atoms with Crippen LogP contribution in [0.3, 0.4) is 0 Å². The van der Waals surface area contributed by atoms with Gasteiger partial charge in [0.05, 0.1) is 6.10 Å². The van der Waals surface area contributed by atoms with Crippen LogP contribution in [0.2, 0.25) is 0 Å². The van der Waals surface area contributed by atoms with Crippen molar-refractivity contribution in [3.63, 3.8) is 0 Å². The third kappa shape index (κ3) is 2.87. The average Bonchev–Trinajstić information content (AvgIpc) is 2.67. The Morgan fingerprint density at radius 2 is 1.95 bits per heavy atom. The highest BCUT2D eigenvalue weighted by atomic mass is 16.5. The fraction of sp³-hybridized carbons (Fsp3) is 0.615. The quantitative estimate of drug-likeness (QED) is 0.574. The van der Waals surface area contributed by atoms with Crippen molar-refractivity contribution in [2.75, 3.05) is 0 Å². The van der Waals surface area contributed by atoms with E-state index in [0.29, 0.717) is 12.1 Å². The molecular formula is C13H19NO5. The van der Waals surface area contributed by atoms with Crippen molar-refractivity contribution >= 4 is 0 Å². The molecular weight excluding hydrogens is 250 g/mol. The lowest BCUT2D eigenvalue weighted by Gasteiger charge is -2.14. The molecule has 0 spiro atoms. The highest BCUT2D eigenvalue weighted by molar-refractivity contribution is 5.11. The van der Waals surface area contributed by atoms with Gasteiger partial charge in [-0.05, 0) is 12.2 Å². The highest BCUT2D eigenvalue weighted by Gasteiger charge is 2.43. The number of pyridine rings is 1. The molecule has 19 heavy (non-hydrogen) atoms. The lowest BCUT2D eigenvalue weighted by atomic mass is 10.1. The number of hydrogen-bond acceptors (Lipinski definition) is 5. The summed E-state index contributed by atoms with van der Waals surface area (Å²) in [7, 11) is 0. The van der Waals surface area contributed by atoms with E-state index in [-0.39, 0.29) is 18.9 Å². The van der Waals surface area contributed by atoms with E-state index in [4.69, 9.17) is 4.74 Å². The molecule has 0 amide bonds. The zero-order valence-corrected chi connectivity index (χ0v) is 10.8. The van der Waals surface area contributed by atoms with Crippen LogP contribution < -0.4 is 9.67 Å². The summed E-state index contributed by atoms with van der Waals surface area (Å²) in [6.07, 6.45) is -0.921. The first-order chi connectivity index (χ1) is 9.06. The van der Waals surface area contributed by atoms with Gasteiger partial charge in [-0.25, -0.2) is 0 Å². The third-order valence-corrected chi connectivity index (χ3v) is 3.49. The minimum Gasteiger partial charge on any atom is -0.868 e. The van der Waals surface area contributed by atoms with Gasteiger partial charge in [0.1, 0.15) is 24.9 Å². The second-order valence-corrected chi connectivity index (χ2v) is 4.77. The van der Waals surface area contributed by atoms with Crippen LogP contribution in [0, 0.1) is 0 Å². The summed E-state index contributed by atoms with van der Waals surface area (Å²) in [5.74, 6) is -0.183. The standard InChI is InChI=1S/C13H19NO5/c1-2-10-12(17)13(18)11(19-10)6-14-5-9(16)4-3-8(14)7-15/h3-5,10-13,15,17-18H,2,6-7H2,1H3. The molecule has 106 valence electrons. The van der Waals surface area contributed by atoms with Crippen molar-refractivity contribution in [2.45, 2.75) is 50.9 Å². The molecule has 1 aliphatic rings. The van der Waals surface area contributed by atoms with Crippen LogP contribution >= 0.6 is 0 Å². The second-order valence-electron chi connectivity index (χ2n) is 4.77. The first-order valence-electron chi connectivity index (χ1n) is 6.38. The van der Waals surface area contributed by atoms with Crippen LogP contribution in [0.5, 0.6) is 5.75 Å². The highest BCUT2D eigenvalue weighted by Crippen LogP contribution is 2.23. The van der Waals surface area contributed by atoms with Gasteiger partial charge >= 0.3 is 0 Å². The van der Waals surface area contributed by atoms with E-state index in [9.17, 15) is 20.4 Å². The zero-order chi connectivity index (χ0) is 14.0. The molecule has 2 rings (SSSR count). The van der Waals surface area contributed by atoms with Gasteiger partial charge in [-0.3, -0.25) is 0 Å². The Balaban J connectivity index is 2.15. The summed E-state index contributed by atoms with van der Waals surface area (Å²) in [6.45, 7) is 1.89. The zero-order valence-electron chi connectivity index (χ0n) is 10.8. The van der Waals surface area contributed by atoms with Crippen LogP contribution in [-0.2, 0) is 17.9 Å². The fourth-order valence-corrected chi connectivity index (χ4v) is 2.38. The van der Waals surface area contributed by atoms with E-state index in [1.807, 2.05) is 6.92 Å². The van der Waals surface area contributed by atoms with E-state index in [2.05, 4.69) is 0 Å². The Bertz CT molecular complexity index is 439. The van der Waals surface area contributed by atoms with E-state index in [1.165, 1.54) is 18.3 Å². The van der Waals surface area contributed by atoms with Crippen molar-refractivity contribution in [2.24, 2.45) is 0 Å². The number of aromatic nitrogens is 1. The van der Waals surface area contributed by atoms with Crippen molar-refractivity contribution in [3.05, 3.63) is 24.0 Å². The summed E-state index contributed by atoms with van der Waals surface area (Å²) < 4.78 is 7.13. The van der Waals surface area contributed by atoms with Crippen molar-refractivity contribution < 1.29 is 29.7 Å². The van der Waals surface area contributed by atoms with Crippen LogP contribution in [-0.4, -0.2) is 39.7 Å². The number of ether oxygens (including phenoxy) is 1. The summed E-state index contributed by atoms with van der Waals surface area (Å²) in [5.41, 5.74) is 0.560. The molecule has 1 saturated heterocycles. The van der Waals surface area contributed by atoms with Gasteiger partial charge < -0.3 is 25.2 Å². The van der Waals surface area contributed by atoms with Crippen LogP contribution in [0.4, 0.5) is 0 Å². The maximum Gasteiger partial charge on any atom is 0.207 e. The topological polar surface area (TPSA) is 96.9 Å². The van der Waals surface area contributed by atoms with Gasteiger partial charge in [-0.2, -0.15) is 4.57 Å². The van der Waals surface area contributed by atoms with Crippen LogP contribution in [0.15, 0.2) is 18.3 Å². The Morgan fingerprint density at radius 1 is 1.26 bits per heavy atom. The summed E-state index contributed by atoms with van der Waals surface area (Å²) >= 11 is 0. The summed E-state index contributed by atoms with van der Waals surface area (Å²) in [5, 5.41) is 40.3. The van der Waals surface area contributed by atoms with Crippen molar-refractivity contribution in [1.82, 2.24) is 0 Å². The lowest BCUT2D eigenvalue weighted by Crippen LogP contribution is -2.47. The monoisotopic (exact) mass is 269 g/mol. The number of rotatable bonds is 4. The predicted molar refractivity (Wildman–Crippen MR) is 63.0 cm³/mol. The average molecular weight is 269 g/mol. The maximum atomic E-state index is 11.3. The van der Waals surface area contributed by atoms with E-state index in [1.54, 1.807) is 4.57 Å². The minimum atomic E-state index is -0.987. The van der Waals surface area contributed by atoms with Gasteiger partial charge in [-0.1, -0.05) is 13.0 Å². The SMILES string of the molecule is CCC1OC(C[n+]2cc([O-])ccc2CO)C(O)C1O. The Hall–Kier alpha value is -1.21. The van der Waals surface area contributed by atoms with Gasteiger partial charge in [0, 0.05) is 6.07 Å². The fourth-order valence-electron chi connectivity index (χ4n) is 2.38. The third-order valence-electron chi connectivity index (χ3n) is 3.49. The first-order valence-corrected chi connectivity index (χ1v) is 6.38. The molecule has 1 aromatic heterocycles. The van der Waals surface area contributed by atoms with E-state index < -0.39 is 24.4 Å². The molecule has 1 fully saturated rings. The van der Waals surface area contributed by atoms with Crippen molar-refractivity contribution in [1.29, 1.82) is 0 Å². The molecule has 0 saturated carbocycles. The van der Waals surface area contributed by atoms with Gasteiger partial charge in [0.15, 0.2) is 12.7 Å². The van der Waals surface area contributed by atoms with E-state index in [0.717, 1.165) is 0 Å². The minimum absolute atomic E-state index is 0.183. The second kappa shape index (κ2) is 5.83. The molecule has 0 aromatic carbocycles. The molecule has 1 aromatic rings. The lowest BCUT2D eigenvalue weighted by molar-refractivity contribution is -0.715. The molecule has 0 aliphatic carbocycles. The molecule has 6 nitrogen and oxygen atoms in total. The predicted octanol–water partition coefficient (Wildman–Crippen LogP) is -1.56. The number of nitrogens with zero attached hydrogens (tertiary/aromatic N) is 1. The van der Waals surface area contributed by atoms with Crippen LogP contribution in [0.1, 0.15) is 19.0 Å². The molecule has 4 atom stereocenters. The van der Waals surface area contributed by atoms with Gasteiger partial charge in [0.25, 0.3) is 0 Å². The molecule has 1 aliphatic heterocycles. The summed E-state index contributed by atoms with van der Waals surface area (Å²) in [6, 6.07) is 2.91. The molecule has 3 N–H and O–H groups in total. The smallest absolute Gasteiger partial charge is 0.207 e. The van der Waals surface area contributed by atoms with Gasteiger partial charge in [0.2, 0.25) is 5.69 Å². The molecule has 0 radical (unpaired) electrons. The first kappa shape index (κ1) is 14.2. The van der Waals surface area contributed by atoms with E-state index >= 15 is 0 Å². The Morgan fingerprint density at radius 3 is 2.53 bits per heavy atom. The molecule has 0 bridgehead atoms. The Kier molecular flexibility index (Phi) is 4.36. The molecule has 2 heterocycles. The number of hydrogen-bond donors (Lipinski definition) is 3. The largest absolute Gasteiger partial charge is 0.868 e. The van der Waals surface area contributed by atoms with Crippen LogP contribution in [0.25, 0.3) is 0 Å².